The molecule has 0 amide bonds. The first-order valence-electron chi connectivity index (χ1n) is 14.9. The third kappa shape index (κ3) is 4.36. The van der Waals surface area contributed by atoms with Crippen LogP contribution in [-0.4, -0.2) is 19.9 Å². The number of thiophene rings is 1. The lowest BCUT2D eigenvalue weighted by molar-refractivity contribution is 1.22. The molecule has 45 heavy (non-hydrogen) atoms. The number of aromatic nitrogens is 4. The number of fused-ring (bicyclic) bond motifs is 6. The van der Waals surface area contributed by atoms with Crippen molar-refractivity contribution in [2.24, 2.45) is 0 Å². The zero-order valence-electron chi connectivity index (χ0n) is 24.1. The van der Waals surface area contributed by atoms with Crippen molar-refractivity contribution in [1.29, 1.82) is 0 Å². The Hall–Kier alpha value is -5.78. The molecule has 210 valence electrons. The Morgan fingerprint density at radius 2 is 1.16 bits per heavy atom. The van der Waals surface area contributed by atoms with Crippen molar-refractivity contribution in [2.45, 2.75) is 0 Å². The average Bonchev–Trinajstić information content (AvgIpc) is 3.51. The lowest BCUT2D eigenvalue weighted by atomic mass is 9.96. The van der Waals surface area contributed by atoms with E-state index in [-0.39, 0.29) is 0 Å². The van der Waals surface area contributed by atoms with Crippen LogP contribution in [0.1, 0.15) is 0 Å². The first-order valence-corrected chi connectivity index (χ1v) is 15.7. The number of nitrogens with zero attached hydrogens (tertiary/aromatic N) is 4. The van der Waals surface area contributed by atoms with Gasteiger partial charge in [-0.1, -0.05) is 84.9 Å². The molecule has 0 saturated carbocycles. The van der Waals surface area contributed by atoms with Gasteiger partial charge >= 0.3 is 0 Å². The minimum atomic E-state index is 0.804. The largest absolute Gasteiger partial charge is 0.255 e. The molecular formula is C40H24N4S. The molecule has 5 heteroatoms. The second kappa shape index (κ2) is 10.4. The van der Waals surface area contributed by atoms with Gasteiger partial charge in [-0.15, -0.1) is 11.3 Å². The molecule has 9 rings (SSSR count). The van der Waals surface area contributed by atoms with E-state index in [2.05, 4.69) is 107 Å². The fourth-order valence-corrected chi connectivity index (χ4v) is 7.50. The van der Waals surface area contributed by atoms with Crippen LogP contribution in [0, 0.1) is 0 Å². The molecule has 0 radical (unpaired) electrons. The van der Waals surface area contributed by atoms with Crippen LogP contribution in [0.4, 0.5) is 0 Å². The van der Waals surface area contributed by atoms with Crippen LogP contribution in [0.3, 0.4) is 0 Å². The summed E-state index contributed by atoms with van der Waals surface area (Å²) < 4.78 is 2.52. The molecular weight excluding hydrogens is 569 g/mol. The van der Waals surface area contributed by atoms with Gasteiger partial charge < -0.3 is 0 Å². The lowest BCUT2D eigenvalue weighted by Crippen LogP contribution is -1.94. The smallest absolute Gasteiger partial charge is 0.0900 e. The summed E-state index contributed by atoms with van der Waals surface area (Å²) in [5.41, 5.74) is 8.48. The molecule has 0 N–H and O–H groups in total. The van der Waals surface area contributed by atoms with Gasteiger partial charge in [0, 0.05) is 43.5 Å². The minimum absolute atomic E-state index is 0.804. The highest BCUT2D eigenvalue weighted by molar-refractivity contribution is 7.26. The monoisotopic (exact) mass is 592 g/mol. The predicted molar refractivity (Wildman–Crippen MR) is 187 cm³/mol. The molecule has 0 saturated heterocycles. The van der Waals surface area contributed by atoms with Gasteiger partial charge in [0.25, 0.3) is 0 Å². The summed E-state index contributed by atoms with van der Waals surface area (Å²) in [4.78, 5) is 19.6. The zero-order valence-corrected chi connectivity index (χ0v) is 24.9. The lowest BCUT2D eigenvalue weighted by Gasteiger charge is -2.12. The maximum atomic E-state index is 5.46. The second-order valence-electron chi connectivity index (χ2n) is 11.1. The van der Waals surface area contributed by atoms with Crippen molar-refractivity contribution in [3.05, 3.63) is 146 Å². The maximum absolute atomic E-state index is 5.46. The molecule has 4 aromatic carbocycles. The topological polar surface area (TPSA) is 51.6 Å². The summed E-state index contributed by atoms with van der Waals surface area (Å²) in [5.74, 6) is 0. The summed E-state index contributed by atoms with van der Waals surface area (Å²) in [6.07, 6.45) is 3.60. The first kappa shape index (κ1) is 25.7. The molecule has 0 fully saturated rings. The Labute approximate surface area is 263 Å². The number of benzene rings is 4. The van der Waals surface area contributed by atoms with E-state index in [9.17, 15) is 0 Å². The van der Waals surface area contributed by atoms with Crippen LogP contribution in [-0.2, 0) is 0 Å². The molecule has 9 aromatic rings. The molecule has 5 aromatic heterocycles. The van der Waals surface area contributed by atoms with Crippen LogP contribution < -0.4 is 0 Å². The Morgan fingerprint density at radius 3 is 1.91 bits per heavy atom. The summed E-state index contributed by atoms with van der Waals surface area (Å²) in [6.45, 7) is 0. The fraction of sp³-hybridized carbons (Fsp3) is 0. The minimum Gasteiger partial charge on any atom is -0.255 e. The first-order chi connectivity index (χ1) is 22.3. The average molecular weight is 593 g/mol. The summed E-state index contributed by atoms with van der Waals surface area (Å²) >= 11 is 1.84. The molecule has 0 unspecified atom stereocenters. The Kier molecular flexibility index (Phi) is 5.96. The van der Waals surface area contributed by atoms with Gasteiger partial charge in [0.05, 0.1) is 34.0 Å². The molecule has 0 aliphatic heterocycles. The number of hydrogen-bond donors (Lipinski definition) is 0. The summed E-state index contributed by atoms with van der Waals surface area (Å²) in [7, 11) is 0. The van der Waals surface area contributed by atoms with Crippen molar-refractivity contribution >= 4 is 53.2 Å². The van der Waals surface area contributed by atoms with Gasteiger partial charge in [-0.25, -0.2) is 9.97 Å². The van der Waals surface area contributed by atoms with Crippen LogP contribution >= 0.6 is 11.3 Å². The summed E-state index contributed by atoms with van der Waals surface area (Å²) in [5, 5.41) is 6.02. The van der Waals surface area contributed by atoms with Gasteiger partial charge in [-0.05, 0) is 70.4 Å². The van der Waals surface area contributed by atoms with Gasteiger partial charge in [0.15, 0.2) is 0 Å². The third-order valence-corrected chi connectivity index (χ3v) is 9.57. The zero-order chi connectivity index (χ0) is 29.7. The molecule has 0 aliphatic carbocycles. The number of pyridine rings is 4. The molecule has 0 bridgehead atoms. The normalized spacial score (nSPS) is 11.6. The van der Waals surface area contributed by atoms with Gasteiger partial charge in [-0.3, -0.25) is 9.97 Å². The van der Waals surface area contributed by atoms with E-state index in [1.54, 1.807) is 12.4 Å². The van der Waals surface area contributed by atoms with Crippen molar-refractivity contribution in [2.75, 3.05) is 0 Å². The molecule has 0 spiro atoms. The van der Waals surface area contributed by atoms with Crippen LogP contribution in [0.15, 0.2) is 146 Å². The fourth-order valence-electron chi connectivity index (χ4n) is 6.26. The van der Waals surface area contributed by atoms with Crippen LogP contribution in [0.5, 0.6) is 0 Å². The predicted octanol–water partition coefficient (Wildman–Crippen LogP) is 10.6. The maximum Gasteiger partial charge on any atom is 0.0900 e. The Balaban J connectivity index is 1.32. The summed E-state index contributed by atoms with van der Waals surface area (Å²) in [6, 6.07) is 46.4. The van der Waals surface area contributed by atoms with Gasteiger partial charge in [0.2, 0.25) is 0 Å². The van der Waals surface area contributed by atoms with E-state index in [0.717, 1.165) is 56.1 Å². The van der Waals surface area contributed by atoms with Crippen molar-refractivity contribution in [3.63, 3.8) is 0 Å². The quantitative estimate of drug-likeness (QED) is 0.204. The number of rotatable bonds is 4. The highest BCUT2D eigenvalue weighted by Crippen LogP contribution is 2.44. The van der Waals surface area contributed by atoms with E-state index in [1.807, 2.05) is 47.7 Å². The molecule has 0 aliphatic rings. The van der Waals surface area contributed by atoms with Gasteiger partial charge in [0.1, 0.15) is 0 Å². The molecule has 5 heterocycles. The Morgan fingerprint density at radius 1 is 0.467 bits per heavy atom. The number of hydrogen-bond acceptors (Lipinski definition) is 5. The Bertz CT molecular complexity index is 2480. The molecule has 4 nitrogen and oxygen atoms in total. The van der Waals surface area contributed by atoms with E-state index in [4.69, 9.17) is 9.97 Å². The van der Waals surface area contributed by atoms with Crippen molar-refractivity contribution < 1.29 is 0 Å². The highest BCUT2D eigenvalue weighted by Gasteiger charge is 2.18. The second-order valence-corrected chi connectivity index (χ2v) is 12.1. The van der Waals surface area contributed by atoms with Gasteiger partial charge in [-0.2, -0.15) is 0 Å². The van der Waals surface area contributed by atoms with E-state index in [1.165, 1.54) is 30.9 Å². The highest BCUT2D eigenvalue weighted by atomic mass is 32.1. The third-order valence-electron chi connectivity index (χ3n) is 8.36. The molecule has 0 atom stereocenters. The van der Waals surface area contributed by atoms with E-state index < -0.39 is 0 Å². The van der Waals surface area contributed by atoms with Crippen LogP contribution in [0.25, 0.3) is 87.0 Å². The SMILES string of the molecule is c1ccc(-c2cc(-c3ccc4c(c3)nc(-c3cccc5ccccc35)c3c5ccccc5sc43)cc(-c3ccccn3)n2)nc1. The van der Waals surface area contributed by atoms with Crippen LogP contribution in [0.2, 0.25) is 0 Å². The standard InChI is InChI=1S/C40H24N4S/c1-2-12-28-25(10-1)11-9-14-29(28)39-38-31-13-3-4-17-37(31)45-40(38)30-19-18-26(22-34(30)44-39)27-23-35(32-15-5-7-20-41-32)43-36(24-27)33-16-6-8-21-42-33/h1-24H. The van der Waals surface area contributed by atoms with Crippen molar-refractivity contribution in [3.8, 4) is 45.2 Å². The van der Waals surface area contributed by atoms with E-state index >= 15 is 0 Å². The van der Waals surface area contributed by atoms with E-state index in [0.29, 0.717) is 0 Å². The van der Waals surface area contributed by atoms with Crippen molar-refractivity contribution in [1.82, 2.24) is 19.9 Å².